The van der Waals surface area contributed by atoms with Crippen molar-refractivity contribution in [3.8, 4) is 16.2 Å². The van der Waals surface area contributed by atoms with E-state index in [2.05, 4.69) is 0 Å². The van der Waals surface area contributed by atoms with E-state index in [1.807, 2.05) is 42.3 Å². The lowest BCUT2D eigenvalue weighted by Gasteiger charge is -2.18. The van der Waals surface area contributed by atoms with Crippen LogP contribution in [0.1, 0.15) is 40.9 Å². The fourth-order valence-corrected chi connectivity index (χ4v) is 6.52. The van der Waals surface area contributed by atoms with Crippen LogP contribution in [0.4, 0.5) is 22.0 Å². The number of fused-ring (bicyclic) bond motifs is 1. The quantitative estimate of drug-likeness (QED) is 0.103. The number of pyridine rings is 1. The number of hydrogen-bond donors (Lipinski definition) is 0. The zero-order chi connectivity index (χ0) is 33.2. The third kappa shape index (κ3) is 8.27. The molecule has 0 aliphatic carbocycles. The average molecular weight is 691 g/mol. The van der Waals surface area contributed by atoms with Gasteiger partial charge in [0, 0.05) is 35.6 Å². The number of benzene rings is 3. The highest BCUT2D eigenvalue weighted by Gasteiger charge is 2.29. The van der Waals surface area contributed by atoms with E-state index in [9.17, 15) is 31.5 Å². The molecule has 0 saturated heterocycles. The van der Waals surface area contributed by atoms with Crippen LogP contribution in [-0.4, -0.2) is 35.1 Å². The van der Waals surface area contributed by atoms with Gasteiger partial charge in [-0.1, -0.05) is 50.2 Å². The Morgan fingerprint density at radius 2 is 1.55 bits per heavy atom. The summed E-state index contributed by atoms with van der Waals surface area (Å²) in [4.78, 5) is 30.5. The predicted octanol–water partition coefficient (Wildman–Crippen LogP) is 8.89. The lowest BCUT2D eigenvalue weighted by molar-refractivity contribution is -0.153. The molecule has 5 rings (SSSR count). The molecule has 0 unspecified atom stereocenters. The molecule has 0 radical (unpaired) electrons. The number of ketones is 1. The topological polar surface area (TPSA) is 51.5 Å². The molecule has 0 saturated carbocycles. The number of halogens is 6. The van der Waals surface area contributed by atoms with E-state index in [1.54, 1.807) is 26.0 Å². The first kappa shape index (κ1) is 35.8. The van der Waals surface area contributed by atoms with Gasteiger partial charge < -0.3 is 9.30 Å². The van der Waals surface area contributed by atoms with Gasteiger partial charge in [0.05, 0.1) is 17.5 Å². The van der Waals surface area contributed by atoms with Gasteiger partial charge in [0.2, 0.25) is 5.43 Å². The van der Waals surface area contributed by atoms with Gasteiger partial charge in [-0.25, -0.2) is 8.78 Å². The van der Waals surface area contributed by atoms with Crippen molar-refractivity contribution >= 4 is 39.7 Å². The molecule has 3 aromatic carbocycles. The highest BCUT2D eigenvalue weighted by Crippen LogP contribution is 2.39. The molecule has 0 aliphatic heterocycles. The third-order valence-corrected chi connectivity index (χ3v) is 8.75. The maximum absolute atomic E-state index is 14.8. The van der Waals surface area contributed by atoms with Crippen molar-refractivity contribution in [3.05, 3.63) is 123 Å². The molecule has 0 N–H and O–H groups in total. The Hall–Kier alpha value is -4.06. The van der Waals surface area contributed by atoms with Gasteiger partial charge in [-0.3, -0.25) is 14.5 Å². The number of thiophene rings is 1. The van der Waals surface area contributed by atoms with E-state index in [-0.39, 0.29) is 47.8 Å². The standard InChI is InChI=1S/C35H31F5N2O3S.ClH/c1-21(2)31(43)27-19-42(18-25-28(36)10-7-11-29(25)37)34-30(32(27)44)26(17-41(3)16-22-8-5-4-6-9-22)33(46-34)23-12-14-24(15-13-23)45-20-35(38,39)40;/h4-15,19,21H,16-18,20H2,1-3H3;1H. The van der Waals surface area contributed by atoms with Gasteiger partial charge in [0.1, 0.15) is 22.2 Å². The lowest BCUT2D eigenvalue weighted by atomic mass is 9.99. The molecule has 2 aromatic heterocycles. The molecule has 0 spiro atoms. The van der Waals surface area contributed by atoms with Crippen LogP contribution >= 0.6 is 23.7 Å². The predicted molar refractivity (Wildman–Crippen MR) is 177 cm³/mol. The zero-order valence-electron chi connectivity index (χ0n) is 25.7. The minimum absolute atomic E-state index is 0. The van der Waals surface area contributed by atoms with Gasteiger partial charge in [-0.15, -0.1) is 23.7 Å². The Labute approximate surface area is 278 Å². The molecule has 12 heteroatoms. The SMILES string of the molecule is CC(C)C(=O)c1cn(Cc2c(F)cccc2F)c2sc(-c3ccc(OCC(F)(F)F)cc3)c(CN(C)Cc3ccccc3)c2c1=O.Cl. The molecule has 5 aromatic rings. The van der Waals surface area contributed by atoms with Crippen LogP contribution in [0.3, 0.4) is 0 Å². The number of rotatable bonds is 11. The Morgan fingerprint density at radius 1 is 0.915 bits per heavy atom. The van der Waals surface area contributed by atoms with E-state index in [0.717, 1.165) is 17.7 Å². The number of hydrogen-bond acceptors (Lipinski definition) is 5. The van der Waals surface area contributed by atoms with Crippen molar-refractivity contribution in [3.63, 3.8) is 0 Å². The molecule has 248 valence electrons. The normalized spacial score (nSPS) is 11.7. The number of aromatic nitrogens is 1. The number of ether oxygens (including phenoxy) is 1. The maximum atomic E-state index is 14.8. The summed E-state index contributed by atoms with van der Waals surface area (Å²) in [6.07, 6.45) is -3.13. The monoisotopic (exact) mass is 690 g/mol. The lowest BCUT2D eigenvalue weighted by Crippen LogP contribution is -2.24. The average Bonchev–Trinajstić information content (AvgIpc) is 3.38. The number of carbonyl (C=O) groups excluding carboxylic acids is 1. The second kappa shape index (κ2) is 14.8. The van der Waals surface area contributed by atoms with Crippen LogP contribution in [0.5, 0.6) is 5.75 Å². The minimum atomic E-state index is -4.50. The third-order valence-electron chi connectivity index (χ3n) is 7.43. The van der Waals surface area contributed by atoms with E-state index in [4.69, 9.17) is 4.74 Å². The summed E-state index contributed by atoms with van der Waals surface area (Å²) in [5, 5.41) is 0.251. The van der Waals surface area contributed by atoms with E-state index in [0.29, 0.717) is 27.4 Å². The molecule has 0 atom stereocenters. The Kier molecular flexibility index (Phi) is 11.3. The summed E-state index contributed by atoms with van der Waals surface area (Å²) >= 11 is 1.21. The minimum Gasteiger partial charge on any atom is -0.484 e. The number of Topliss-reactive ketones (excluding diaryl/α,β-unsaturated/α-hetero) is 1. The number of alkyl halides is 3. The summed E-state index contributed by atoms with van der Waals surface area (Å²) < 4.78 is 74.3. The first-order chi connectivity index (χ1) is 21.8. The molecule has 0 fully saturated rings. The van der Waals surface area contributed by atoms with E-state index >= 15 is 0 Å². The van der Waals surface area contributed by atoms with Crippen molar-refractivity contribution in [1.82, 2.24) is 9.47 Å². The largest absolute Gasteiger partial charge is 0.484 e. The second-order valence-corrected chi connectivity index (χ2v) is 12.4. The summed E-state index contributed by atoms with van der Waals surface area (Å²) in [5.41, 5.74) is 1.41. The van der Waals surface area contributed by atoms with E-state index in [1.165, 1.54) is 40.3 Å². The molecule has 0 bridgehead atoms. The summed E-state index contributed by atoms with van der Waals surface area (Å²) in [6, 6.07) is 19.3. The molecule has 0 amide bonds. The van der Waals surface area contributed by atoms with Crippen LogP contribution < -0.4 is 10.2 Å². The van der Waals surface area contributed by atoms with Gasteiger partial charge in [0.15, 0.2) is 12.4 Å². The van der Waals surface area contributed by atoms with Crippen molar-refractivity contribution in [1.29, 1.82) is 0 Å². The molecule has 2 heterocycles. The molecule has 47 heavy (non-hydrogen) atoms. The molecular weight excluding hydrogens is 659 g/mol. The highest BCUT2D eigenvalue weighted by atomic mass is 35.5. The molecule has 0 aliphatic rings. The number of carbonyl (C=O) groups is 1. The summed E-state index contributed by atoms with van der Waals surface area (Å²) in [6.45, 7) is 2.41. The van der Waals surface area contributed by atoms with Gasteiger partial charge in [-0.05, 0) is 60.1 Å². The summed E-state index contributed by atoms with van der Waals surface area (Å²) in [5.74, 6) is -2.44. The van der Waals surface area contributed by atoms with Crippen molar-refractivity contribution in [2.24, 2.45) is 5.92 Å². The van der Waals surface area contributed by atoms with Gasteiger partial charge in [0.25, 0.3) is 0 Å². The second-order valence-electron chi connectivity index (χ2n) is 11.4. The van der Waals surface area contributed by atoms with Crippen LogP contribution in [0.15, 0.2) is 83.8 Å². The Bertz CT molecular complexity index is 1900. The molecular formula is C35H32ClF5N2O3S. The smallest absolute Gasteiger partial charge is 0.422 e. The zero-order valence-corrected chi connectivity index (χ0v) is 27.4. The first-order valence-corrected chi connectivity index (χ1v) is 15.3. The summed E-state index contributed by atoms with van der Waals surface area (Å²) in [7, 11) is 1.88. The van der Waals surface area contributed by atoms with Crippen molar-refractivity contribution < 1.29 is 31.5 Å². The first-order valence-electron chi connectivity index (χ1n) is 14.5. The van der Waals surface area contributed by atoms with E-state index < -0.39 is 41.5 Å². The maximum Gasteiger partial charge on any atom is 0.422 e. The fourth-order valence-electron chi connectivity index (χ4n) is 5.23. The van der Waals surface area contributed by atoms with Crippen LogP contribution in [0.2, 0.25) is 0 Å². The Morgan fingerprint density at radius 3 is 2.15 bits per heavy atom. The van der Waals surface area contributed by atoms with Crippen LogP contribution in [0.25, 0.3) is 20.7 Å². The van der Waals surface area contributed by atoms with Gasteiger partial charge in [-0.2, -0.15) is 13.2 Å². The highest BCUT2D eigenvalue weighted by molar-refractivity contribution is 7.22. The van der Waals surface area contributed by atoms with Crippen molar-refractivity contribution in [2.45, 2.75) is 39.7 Å². The van der Waals surface area contributed by atoms with Crippen LogP contribution in [0, 0.1) is 17.6 Å². The Balaban J connectivity index is 0.00000500. The fraction of sp³-hybridized carbons (Fsp3) is 0.257. The van der Waals surface area contributed by atoms with Gasteiger partial charge >= 0.3 is 6.18 Å². The molecule has 5 nitrogen and oxygen atoms in total. The van der Waals surface area contributed by atoms with Crippen LogP contribution in [-0.2, 0) is 19.6 Å². The number of nitrogens with zero attached hydrogens (tertiary/aromatic N) is 2. The van der Waals surface area contributed by atoms with Crippen molar-refractivity contribution in [2.75, 3.05) is 13.7 Å².